The highest BCUT2D eigenvalue weighted by Gasteiger charge is 2.33. The first-order valence-electron chi connectivity index (χ1n) is 9.30. The molecule has 1 amide bonds. The van der Waals surface area contributed by atoms with Crippen LogP contribution in [-0.4, -0.2) is 59.5 Å². The number of ether oxygens (including phenoxy) is 1. The largest absolute Gasteiger partial charge is 0.384 e. The van der Waals surface area contributed by atoms with Crippen molar-refractivity contribution in [1.29, 1.82) is 0 Å². The number of methoxy groups -OCH3 is 1. The molecule has 0 atom stereocenters. The summed E-state index contributed by atoms with van der Waals surface area (Å²) < 4.78 is 32.5. The number of nitrogens with one attached hydrogen (secondary N) is 3. The van der Waals surface area contributed by atoms with Crippen molar-refractivity contribution in [1.82, 2.24) is 15.4 Å². The summed E-state index contributed by atoms with van der Waals surface area (Å²) in [5.41, 5.74) is -0.105. The molecule has 1 heterocycles. The van der Waals surface area contributed by atoms with Crippen LogP contribution in [0.4, 0.5) is 0 Å². The Bertz CT molecular complexity index is 525. The zero-order valence-corrected chi connectivity index (χ0v) is 17.5. The summed E-state index contributed by atoms with van der Waals surface area (Å²) in [5.74, 6) is -0.280. The Kier molecular flexibility index (Phi) is 9.82. The molecular weight excluding hydrogens is 378 g/mol. The van der Waals surface area contributed by atoms with Crippen LogP contribution in [0.2, 0.25) is 0 Å². The number of hydrogen-bond donors (Lipinski definition) is 3. The fourth-order valence-electron chi connectivity index (χ4n) is 3.82. The van der Waals surface area contributed by atoms with Gasteiger partial charge >= 0.3 is 0 Å². The number of rotatable bonds is 8. The van der Waals surface area contributed by atoms with E-state index in [4.69, 9.17) is 4.74 Å². The lowest BCUT2D eigenvalue weighted by molar-refractivity contribution is -0.119. The second-order valence-corrected chi connectivity index (χ2v) is 9.55. The van der Waals surface area contributed by atoms with E-state index in [0.717, 1.165) is 51.6 Å². The van der Waals surface area contributed by atoms with Gasteiger partial charge in [0.25, 0.3) is 0 Å². The average molecular weight is 412 g/mol. The van der Waals surface area contributed by atoms with Crippen LogP contribution in [0.1, 0.15) is 45.4 Å². The summed E-state index contributed by atoms with van der Waals surface area (Å²) in [4.78, 5) is 12.2. The van der Waals surface area contributed by atoms with Gasteiger partial charge in [0.05, 0.1) is 6.61 Å². The highest BCUT2D eigenvalue weighted by atomic mass is 35.5. The lowest BCUT2D eigenvalue weighted by Crippen LogP contribution is -2.49. The minimum atomic E-state index is -3.59. The Labute approximate surface area is 163 Å². The molecule has 3 N–H and O–H groups in total. The number of sulfonamides is 1. The summed E-state index contributed by atoms with van der Waals surface area (Å²) in [6.45, 7) is 4.99. The Balaban J connectivity index is 0.00000338. The molecule has 1 saturated carbocycles. The molecule has 1 aliphatic heterocycles. The minimum Gasteiger partial charge on any atom is -0.384 e. The zero-order chi connectivity index (χ0) is 18.3. The SMILES string of the molecule is COCC1(CNC(=O)CS(=O)(=O)NC2CCC(C)CC2)CCNCC1.Cl. The Morgan fingerprint density at radius 1 is 1.19 bits per heavy atom. The van der Waals surface area contributed by atoms with E-state index < -0.39 is 21.7 Å². The molecule has 1 saturated heterocycles. The zero-order valence-electron chi connectivity index (χ0n) is 15.9. The molecule has 0 unspecified atom stereocenters. The smallest absolute Gasteiger partial charge is 0.236 e. The quantitative estimate of drug-likeness (QED) is 0.554. The van der Waals surface area contributed by atoms with Crippen LogP contribution in [0.5, 0.6) is 0 Å². The van der Waals surface area contributed by atoms with Crippen LogP contribution in [0, 0.1) is 11.3 Å². The summed E-state index contributed by atoms with van der Waals surface area (Å²) in [7, 11) is -1.93. The van der Waals surface area contributed by atoms with Crippen molar-refractivity contribution in [2.24, 2.45) is 11.3 Å². The third-order valence-electron chi connectivity index (χ3n) is 5.46. The fraction of sp³-hybridized carbons (Fsp3) is 0.941. The van der Waals surface area contributed by atoms with Crippen molar-refractivity contribution in [2.75, 3.05) is 39.1 Å². The highest BCUT2D eigenvalue weighted by Crippen LogP contribution is 2.28. The molecule has 0 spiro atoms. The molecular formula is C17H34ClN3O4S. The number of carbonyl (C=O) groups excluding carboxylic acids is 1. The van der Waals surface area contributed by atoms with Crippen molar-refractivity contribution in [3.05, 3.63) is 0 Å². The molecule has 9 heteroatoms. The van der Waals surface area contributed by atoms with Gasteiger partial charge in [0.2, 0.25) is 15.9 Å². The van der Waals surface area contributed by atoms with Gasteiger partial charge in [0.15, 0.2) is 0 Å². The average Bonchev–Trinajstić information content (AvgIpc) is 2.56. The van der Waals surface area contributed by atoms with Crippen molar-refractivity contribution in [3.8, 4) is 0 Å². The summed E-state index contributed by atoms with van der Waals surface area (Å²) in [5, 5.41) is 6.11. The van der Waals surface area contributed by atoms with E-state index in [0.29, 0.717) is 19.1 Å². The fourth-order valence-corrected chi connectivity index (χ4v) is 5.09. The van der Waals surface area contributed by atoms with Crippen LogP contribution < -0.4 is 15.4 Å². The van der Waals surface area contributed by atoms with Gasteiger partial charge < -0.3 is 15.4 Å². The van der Waals surface area contributed by atoms with E-state index in [1.54, 1.807) is 7.11 Å². The summed E-state index contributed by atoms with van der Waals surface area (Å²) in [6.07, 6.45) is 5.59. The van der Waals surface area contributed by atoms with Gasteiger partial charge in [-0.05, 0) is 57.5 Å². The minimum absolute atomic E-state index is 0. The molecule has 1 aliphatic carbocycles. The van der Waals surface area contributed by atoms with E-state index in [2.05, 4.69) is 22.3 Å². The molecule has 0 radical (unpaired) electrons. The monoisotopic (exact) mass is 411 g/mol. The third-order valence-corrected chi connectivity index (χ3v) is 6.79. The maximum Gasteiger partial charge on any atom is 0.236 e. The first-order valence-corrected chi connectivity index (χ1v) is 11.0. The van der Waals surface area contributed by atoms with E-state index in [9.17, 15) is 13.2 Å². The predicted octanol–water partition coefficient (Wildman–Crippen LogP) is 1.04. The van der Waals surface area contributed by atoms with Crippen molar-refractivity contribution in [3.63, 3.8) is 0 Å². The van der Waals surface area contributed by atoms with E-state index in [-0.39, 0.29) is 23.9 Å². The predicted molar refractivity (Wildman–Crippen MR) is 105 cm³/mol. The number of piperidine rings is 1. The van der Waals surface area contributed by atoms with Crippen molar-refractivity contribution >= 4 is 28.3 Å². The van der Waals surface area contributed by atoms with Gasteiger partial charge in [0.1, 0.15) is 5.75 Å². The van der Waals surface area contributed by atoms with Gasteiger partial charge in [-0.2, -0.15) is 0 Å². The molecule has 2 aliphatic rings. The molecule has 0 bridgehead atoms. The van der Waals surface area contributed by atoms with Crippen LogP contribution in [-0.2, 0) is 19.6 Å². The van der Waals surface area contributed by atoms with Crippen LogP contribution in [0.3, 0.4) is 0 Å². The molecule has 0 aromatic heterocycles. The second kappa shape index (κ2) is 10.8. The standard InChI is InChI=1S/C17H33N3O4S.ClH/c1-14-3-5-15(6-4-14)20-25(22,23)11-16(21)19-12-17(13-24-2)7-9-18-10-8-17;/h14-15,18,20H,3-13H2,1-2H3,(H,19,21);1H. The van der Waals surface area contributed by atoms with Gasteiger partial charge in [-0.1, -0.05) is 6.92 Å². The van der Waals surface area contributed by atoms with Gasteiger partial charge in [0, 0.05) is 25.1 Å². The maximum absolute atomic E-state index is 12.2. The van der Waals surface area contributed by atoms with E-state index >= 15 is 0 Å². The molecule has 154 valence electrons. The lowest BCUT2D eigenvalue weighted by Gasteiger charge is -2.37. The van der Waals surface area contributed by atoms with Gasteiger partial charge in [-0.3, -0.25) is 4.79 Å². The maximum atomic E-state index is 12.2. The first-order chi connectivity index (χ1) is 11.8. The van der Waals surface area contributed by atoms with E-state index in [1.165, 1.54) is 0 Å². The first kappa shape index (κ1) is 23.6. The molecule has 26 heavy (non-hydrogen) atoms. The Morgan fingerprint density at radius 2 is 1.81 bits per heavy atom. The Morgan fingerprint density at radius 3 is 2.38 bits per heavy atom. The Hall–Kier alpha value is -0.410. The van der Waals surface area contributed by atoms with Crippen LogP contribution >= 0.6 is 12.4 Å². The number of halogens is 1. The summed E-state index contributed by atoms with van der Waals surface area (Å²) >= 11 is 0. The van der Waals surface area contributed by atoms with Crippen LogP contribution in [0.25, 0.3) is 0 Å². The molecule has 7 nitrogen and oxygen atoms in total. The van der Waals surface area contributed by atoms with Gasteiger partial charge in [-0.25, -0.2) is 13.1 Å². The number of amides is 1. The number of hydrogen-bond acceptors (Lipinski definition) is 5. The summed E-state index contributed by atoms with van der Waals surface area (Å²) in [6, 6.07) is -0.0294. The topological polar surface area (TPSA) is 96.5 Å². The number of carbonyl (C=O) groups is 1. The third kappa shape index (κ3) is 7.68. The normalized spacial score (nSPS) is 25.9. The second-order valence-electron chi connectivity index (χ2n) is 7.79. The van der Waals surface area contributed by atoms with E-state index in [1.807, 2.05) is 0 Å². The van der Waals surface area contributed by atoms with Crippen LogP contribution in [0.15, 0.2) is 0 Å². The van der Waals surface area contributed by atoms with Crippen molar-refractivity contribution in [2.45, 2.75) is 51.5 Å². The molecule has 0 aromatic rings. The lowest BCUT2D eigenvalue weighted by atomic mass is 9.79. The molecule has 0 aromatic carbocycles. The molecule has 2 fully saturated rings. The molecule has 2 rings (SSSR count). The highest BCUT2D eigenvalue weighted by molar-refractivity contribution is 7.90. The van der Waals surface area contributed by atoms with Crippen molar-refractivity contribution < 1.29 is 17.9 Å². The van der Waals surface area contributed by atoms with Gasteiger partial charge in [-0.15, -0.1) is 12.4 Å².